The maximum Gasteiger partial charge on any atom is 0.0606 e. The van der Waals surface area contributed by atoms with Crippen LogP contribution in [0.3, 0.4) is 0 Å². The summed E-state index contributed by atoms with van der Waals surface area (Å²) < 4.78 is 4.68. The Morgan fingerprint density at radius 3 is 2.18 bits per heavy atom. The minimum atomic E-state index is 0.785. The van der Waals surface area contributed by atoms with Gasteiger partial charge in [0, 0.05) is 10.2 Å². The third-order valence-electron chi connectivity index (χ3n) is 0.905. The van der Waals surface area contributed by atoms with Crippen molar-refractivity contribution in [2.45, 2.75) is 0 Å². The van der Waals surface area contributed by atoms with Crippen LogP contribution < -0.4 is 5.73 Å². The second-order valence-corrected chi connectivity index (χ2v) is 2.84. The molecule has 0 aromatic heterocycles. The number of hydrogen-bond acceptors (Lipinski definition) is 2. The van der Waals surface area contributed by atoms with Crippen LogP contribution in [0.1, 0.15) is 0 Å². The molecular formula is C7H9BrClNO. The van der Waals surface area contributed by atoms with Gasteiger partial charge >= 0.3 is 0 Å². The van der Waals surface area contributed by atoms with Crippen molar-refractivity contribution in [1.29, 1.82) is 0 Å². The summed E-state index contributed by atoms with van der Waals surface area (Å²) in [6.07, 6.45) is 0. The summed E-state index contributed by atoms with van der Waals surface area (Å²) in [6, 6.07) is 7.60. The molecular weight excluding hydrogens is 229 g/mol. The molecule has 0 aliphatic rings. The molecule has 1 rings (SSSR count). The van der Waals surface area contributed by atoms with E-state index < -0.39 is 0 Å². The van der Waals surface area contributed by atoms with Crippen LogP contribution in [0.2, 0.25) is 0 Å². The Balaban J connectivity index is 0.000000292. The molecule has 0 spiro atoms. The van der Waals surface area contributed by atoms with E-state index in [1.165, 1.54) is 7.11 Å². The van der Waals surface area contributed by atoms with Gasteiger partial charge < -0.3 is 5.73 Å². The van der Waals surface area contributed by atoms with Crippen LogP contribution in [0.4, 0.5) is 5.69 Å². The first-order valence-corrected chi connectivity index (χ1v) is 3.97. The molecule has 0 aliphatic heterocycles. The Hall–Kier alpha value is -0.250. The molecule has 0 heterocycles. The molecule has 11 heavy (non-hydrogen) atoms. The lowest BCUT2D eigenvalue weighted by Gasteiger charge is -1.91. The zero-order valence-corrected chi connectivity index (χ0v) is 8.39. The summed E-state index contributed by atoms with van der Waals surface area (Å²) in [5, 5.41) is 0. The van der Waals surface area contributed by atoms with E-state index >= 15 is 0 Å². The molecule has 4 heteroatoms. The van der Waals surface area contributed by atoms with E-state index in [0.29, 0.717) is 0 Å². The number of nitrogen functional groups attached to an aromatic ring is 1. The van der Waals surface area contributed by atoms with Crippen molar-refractivity contribution in [1.82, 2.24) is 0 Å². The highest BCUT2D eigenvalue weighted by Crippen LogP contribution is 2.16. The first-order chi connectivity index (χ1) is 5.22. The van der Waals surface area contributed by atoms with Gasteiger partial charge in [-0.3, -0.25) is 4.29 Å². The third kappa shape index (κ3) is 5.07. The van der Waals surface area contributed by atoms with E-state index in [4.69, 9.17) is 5.73 Å². The molecule has 0 unspecified atom stereocenters. The van der Waals surface area contributed by atoms with Gasteiger partial charge in [0.2, 0.25) is 0 Å². The Morgan fingerprint density at radius 1 is 1.45 bits per heavy atom. The standard InChI is InChI=1S/C6H6BrN.CH3ClO/c7-5-3-1-2-4-6(5)8;1-3-2/h1-4H,8H2;1H3. The van der Waals surface area contributed by atoms with Crippen molar-refractivity contribution in [3.63, 3.8) is 0 Å². The summed E-state index contributed by atoms with van der Waals surface area (Å²) in [4.78, 5) is 0. The summed E-state index contributed by atoms with van der Waals surface area (Å²) in [6.45, 7) is 0. The highest BCUT2D eigenvalue weighted by Gasteiger charge is 1.86. The maximum atomic E-state index is 5.47. The summed E-state index contributed by atoms with van der Waals surface area (Å²) in [5.74, 6) is 0. The second-order valence-electron chi connectivity index (χ2n) is 1.68. The normalized spacial score (nSPS) is 8.27. The molecule has 62 valence electrons. The molecule has 2 N–H and O–H groups in total. The molecule has 2 nitrogen and oxygen atoms in total. The SMILES string of the molecule is COCl.Nc1ccccc1Br. The molecule has 0 saturated heterocycles. The molecule has 0 amide bonds. The van der Waals surface area contributed by atoms with Crippen molar-refractivity contribution in [2.75, 3.05) is 12.8 Å². The lowest BCUT2D eigenvalue weighted by molar-refractivity contribution is 0.463. The molecule has 0 saturated carbocycles. The molecule has 0 bridgehead atoms. The van der Waals surface area contributed by atoms with Gasteiger partial charge in [-0.25, -0.2) is 0 Å². The quantitative estimate of drug-likeness (QED) is 0.706. The zero-order chi connectivity index (χ0) is 8.69. The minimum Gasteiger partial charge on any atom is -0.398 e. The fourth-order valence-electron chi connectivity index (χ4n) is 0.475. The number of benzene rings is 1. The second kappa shape index (κ2) is 6.46. The third-order valence-corrected chi connectivity index (χ3v) is 1.63. The summed E-state index contributed by atoms with van der Waals surface area (Å²) >= 11 is 7.77. The monoisotopic (exact) mass is 237 g/mol. The first kappa shape index (κ1) is 10.8. The van der Waals surface area contributed by atoms with E-state index in [9.17, 15) is 0 Å². The fraction of sp³-hybridized carbons (Fsp3) is 0.143. The van der Waals surface area contributed by atoms with E-state index in [0.717, 1.165) is 10.2 Å². The summed E-state index contributed by atoms with van der Waals surface area (Å²) in [7, 11) is 1.39. The van der Waals surface area contributed by atoms with Crippen LogP contribution in [0.15, 0.2) is 28.7 Å². The van der Waals surface area contributed by atoms with Crippen LogP contribution in [0.5, 0.6) is 0 Å². The Morgan fingerprint density at radius 2 is 1.91 bits per heavy atom. The molecule has 1 aromatic rings. The fourth-order valence-corrected chi connectivity index (χ4v) is 0.760. The first-order valence-electron chi connectivity index (χ1n) is 2.87. The lowest BCUT2D eigenvalue weighted by Crippen LogP contribution is -1.82. The average Bonchev–Trinajstić information content (AvgIpc) is 1.97. The van der Waals surface area contributed by atoms with Gasteiger partial charge in [-0.05, 0) is 28.1 Å². The van der Waals surface area contributed by atoms with E-state index in [1.807, 2.05) is 24.3 Å². The smallest absolute Gasteiger partial charge is 0.0606 e. The van der Waals surface area contributed by atoms with Crippen LogP contribution in [-0.2, 0) is 4.29 Å². The van der Waals surface area contributed by atoms with Crippen molar-refractivity contribution in [3.05, 3.63) is 28.7 Å². The van der Waals surface area contributed by atoms with Gasteiger partial charge in [0.1, 0.15) is 0 Å². The number of para-hydroxylation sites is 1. The van der Waals surface area contributed by atoms with Crippen molar-refractivity contribution >= 4 is 33.5 Å². The van der Waals surface area contributed by atoms with Gasteiger partial charge in [-0.2, -0.15) is 0 Å². The maximum absolute atomic E-state index is 5.47. The van der Waals surface area contributed by atoms with Gasteiger partial charge in [-0.1, -0.05) is 12.1 Å². The van der Waals surface area contributed by atoms with Crippen molar-refractivity contribution in [3.8, 4) is 0 Å². The predicted octanol–water partition coefficient (Wildman–Crippen LogP) is 2.82. The van der Waals surface area contributed by atoms with Crippen molar-refractivity contribution < 1.29 is 4.29 Å². The van der Waals surface area contributed by atoms with E-state index in [-0.39, 0.29) is 0 Å². The average molecular weight is 239 g/mol. The van der Waals surface area contributed by atoms with Gasteiger partial charge in [0.05, 0.1) is 19.0 Å². The number of nitrogens with two attached hydrogens (primary N) is 1. The van der Waals surface area contributed by atoms with Crippen LogP contribution >= 0.6 is 27.8 Å². The van der Waals surface area contributed by atoms with E-state index in [2.05, 4.69) is 32.1 Å². The topological polar surface area (TPSA) is 35.2 Å². The highest BCUT2D eigenvalue weighted by molar-refractivity contribution is 9.10. The van der Waals surface area contributed by atoms with Crippen molar-refractivity contribution in [2.24, 2.45) is 0 Å². The minimum absolute atomic E-state index is 0.785. The van der Waals surface area contributed by atoms with Crippen LogP contribution in [0, 0.1) is 0 Å². The molecule has 0 aliphatic carbocycles. The summed E-state index contributed by atoms with van der Waals surface area (Å²) in [5.41, 5.74) is 6.26. The Labute approximate surface area is 79.6 Å². The van der Waals surface area contributed by atoms with Gasteiger partial charge in [0.15, 0.2) is 0 Å². The number of anilines is 1. The molecule has 0 radical (unpaired) electrons. The number of hydrogen-bond donors (Lipinski definition) is 1. The van der Waals surface area contributed by atoms with E-state index in [1.54, 1.807) is 0 Å². The molecule has 1 aromatic carbocycles. The lowest BCUT2D eigenvalue weighted by atomic mass is 10.3. The van der Waals surface area contributed by atoms with Gasteiger partial charge in [0.25, 0.3) is 0 Å². The van der Waals surface area contributed by atoms with Gasteiger partial charge in [-0.15, -0.1) is 0 Å². The number of halogens is 2. The van der Waals surface area contributed by atoms with Crippen LogP contribution in [-0.4, -0.2) is 7.11 Å². The predicted molar refractivity (Wildman–Crippen MR) is 51.4 cm³/mol. The molecule has 0 atom stereocenters. The highest BCUT2D eigenvalue weighted by atomic mass is 79.9. The Bertz CT molecular complexity index is 186. The zero-order valence-electron chi connectivity index (χ0n) is 6.05. The number of rotatable bonds is 0. The Kier molecular flexibility index (Phi) is 6.31. The van der Waals surface area contributed by atoms with Crippen LogP contribution in [0.25, 0.3) is 0 Å². The molecule has 0 fully saturated rings. The largest absolute Gasteiger partial charge is 0.398 e.